The van der Waals surface area contributed by atoms with E-state index in [0.29, 0.717) is 29.8 Å². The van der Waals surface area contributed by atoms with Crippen LogP contribution in [-0.4, -0.2) is 32.0 Å². The van der Waals surface area contributed by atoms with Crippen LogP contribution in [0, 0.1) is 0 Å². The molecule has 0 aliphatic heterocycles. The van der Waals surface area contributed by atoms with Crippen molar-refractivity contribution in [2.45, 2.75) is 37.6 Å². The third kappa shape index (κ3) is 3.64. The number of imidazole rings is 1. The van der Waals surface area contributed by atoms with Gasteiger partial charge >= 0.3 is 0 Å². The maximum Gasteiger partial charge on any atom is 0.230 e. The molecule has 6 nitrogen and oxygen atoms in total. The van der Waals surface area contributed by atoms with Crippen molar-refractivity contribution in [3.63, 3.8) is 0 Å². The number of nitrogens with one attached hydrogen (secondary N) is 1. The van der Waals surface area contributed by atoms with Gasteiger partial charge in [0.2, 0.25) is 5.91 Å². The first kappa shape index (κ1) is 18.6. The number of carbonyl (C=O) groups excluding carboxylic acids is 1. The summed E-state index contributed by atoms with van der Waals surface area (Å²) in [6, 6.07) is 9.46. The van der Waals surface area contributed by atoms with Gasteiger partial charge in [0.1, 0.15) is 0 Å². The van der Waals surface area contributed by atoms with E-state index in [1.165, 1.54) is 0 Å². The first-order valence-electron chi connectivity index (χ1n) is 9.52. The van der Waals surface area contributed by atoms with E-state index in [1.807, 2.05) is 35.0 Å². The van der Waals surface area contributed by atoms with E-state index in [1.54, 1.807) is 24.7 Å². The van der Waals surface area contributed by atoms with Gasteiger partial charge in [-0.2, -0.15) is 0 Å². The highest BCUT2D eigenvalue weighted by Crippen LogP contribution is 2.41. The average molecular weight is 396 g/mol. The Labute approximate surface area is 169 Å². The lowest BCUT2D eigenvalue weighted by Crippen LogP contribution is -2.43. The van der Waals surface area contributed by atoms with Crippen molar-refractivity contribution in [1.82, 2.24) is 24.8 Å². The molecule has 1 aromatic carbocycles. The Morgan fingerprint density at radius 3 is 2.50 bits per heavy atom. The van der Waals surface area contributed by atoms with Crippen LogP contribution in [0.15, 0.2) is 55.1 Å². The van der Waals surface area contributed by atoms with Crippen LogP contribution in [0.3, 0.4) is 0 Å². The number of carbonyl (C=O) groups is 1. The number of benzene rings is 1. The molecule has 0 unspecified atom stereocenters. The first-order valence-corrected chi connectivity index (χ1v) is 9.90. The van der Waals surface area contributed by atoms with Crippen LogP contribution in [0.2, 0.25) is 5.02 Å². The van der Waals surface area contributed by atoms with Gasteiger partial charge in [0, 0.05) is 42.9 Å². The molecule has 2 heterocycles. The van der Waals surface area contributed by atoms with Crippen LogP contribution in [0.4, 0.5) is 0 Å². The zero-order chi connectivity index (χ0) is 19.4. The van der Waals surface area contributed by atoms with Gasteiger partial charge in [0.15, 0.2) is 11.6 Å². The molecule has 1 amide bonds. The maximum atomic E-state index is 13.1. The van der Waals surface area contributed by atoms with E-state index in [0.717, 1.165) is 31.2 Å². The van der Waals surface area contributed by atoms with Crippen LogP contribution < -0.4 is 5.32 Å². The number of nitrogens with zero attached hydrogens (tertiary/aromatic N) is 4. The van der Waals surface area contributed by atoms with Gasteiger partial charge in [-0.1, -0.05) is 36.6 Å². The monoisotopic (exact) mass is 395 g/mol. The smallest absolute Gasteiger partial charge is 0.230 e. The molecule has 0 saturated heterocycles. The highest BCUT2D eigenvalue weighted by atomic mass is 35.5. The number of halogens is 1. The molecule has 1 saturated carbocycles. The molecule has 28 heavy (non-hydrogen) atoms. The zero-order valence-corrected chi connectivity index (χ0v) is 16.3. The molecule has 7 heteroatoms. The number of rotatable bonds is 6. The number of hydrogen-bond acceptors (Lipinski definition) is 4. The van der Waals surface area contributed by atoms with E-state index >= 15 is 0 Å². The molecular formula is C21H22ClN5O. The predicted octanol–water partition coefficient (Wildman–Crippen LogP) is 3.62. The third-order valence-electron chi connectivity index (χ3n) is 5.41. The summed E-state index contributed by atoms with van der Waals surface area (Å²) in [4.78, 5) is 26.0. The highest BCUT2D eigenvalue weighted by Gasteiger charge is 2.42. The summed E-state index contributed by atoms with van der Waals surface area (Å²) in [5.41, 5.74) is 0.596. The molecule has 0 spiro atoms. The molecule has 4 rings (SSSR count). The van der Waals surface area contributed by atoms with Gasteiger partial charge in [-0.3, -0.25) is 4.79 Å². The summed E-state index contributed by atoms with van der Waals surface area (Å²) in [5, 5.41) is 3.82. The minimum Gasteiger partial charge on any atom is -0.354 e. The molecule has 0 radical (unpaired) electrons. The highest BCUT2D eigenvalue weighted by molar-refractivity contribution is 6.30. The molecule has 3 aromatic rings. The first-order chi connectivity index (χ1) is 13.7. The van der Waals surface area contributed by atoms with Gasteiger partial charge in [-0.25, -0.2) is 15.0 Å². The minimum atomic E-state index is -0.453. The van der Waals surface area contributed by atoms with Crippen molar-refractivity contribution < 1.29 is 4.79 Å². The van der Waals surface area contributed by atoms with Crippen LogP contribution in [0.1, 0.15) is 31.2 Å². The van der Waals surface area contributed by atoms with Crippen LogP contribution in [0.5, 0.6) is 0 Å². The molecule has 1 fully saturated rings. The Kier molecular flexibility index (Phi) is 5.39. The van der Waals surface area contributed by atoms with E-state index in [9.17, 15) is 4.79 Å². The van der Waals surface area contributed by atoms with E-state index in [2.05, 4.69) is 20.3 Å². The second kappa shape index (κ2) is 8.10. The Morgan fingerprint density at radius 1 is 1.07 bits per heavy atom. The Hall–Kier alpha value is -2.73. The average Bonchev–Trinajstić information content (AvgIpc) is 3.40. The molecule has 144 valence electrons. The lowest BCUT2D eigenvalue weighted by Gasteiger charge is -2.28. The summed E-state index contributed by atoms with van der Waals surface area (Å²) in [6.07, 6.45) is 10.9. The SMILES string of the molecule is O=C(NCCn1ccnc1-c1ncccn1)C1(c2ccc(Cl)cc2)CCCC1. The van der Waals surface area contributed by atoms with Gasteiger partial charge in [-0.15, -0.1) is 0 Å². The molecule has 0 bridgehead atoms. The lowest BCUT2D eigenvalue weighted by molar-refractivity contribution is -0.126. The standard InChI is InChI=1S/C21H22ClN5O/c22-17-6-4-16(5-7-17)21(8-1-2-9-21)20(28)26-13-15-27-14-12-25-19(27)18-23-10-3-11-24-18/h3-7,10-12,14H,1-2,8-9,13,15H2,(H,26,28). The van der Waals surface area contributed by atoms with Crippen molar-refractivity contribution in [1.29, 1.82) is 0 Å². The van der Waals surface area contributed by atoms with Crippen molar-refractivity contribution in [3.05, 3.63) is 65.7 Å². The predicted molar refractivity (Wildman–Crippen MR) is 108 cm³/mol. The minimum absolute atomic E-state index is 0.0879. The normalized spacial score (nSPS) is 15.5. The molecule has 1 N–H and O–H groups in total. The van der Waals surface area contributed by atoms with E-state index < -0.39 is 5.41 Å². The van der Waals surface area contributed by atoms with Gasteiger partial charge in [-0.05, 0) is 36.6 Å². The van der Waals surface area contributed by atoms with Crippen LogP contribution in [-0.2, 0) is 16.8 Å². The molecule has 1 aliphatic rings. The third-order valence-corrected chi connectivity index (χ3v) is 5.66. The number of amides is 1. The van der Waals surface area contributed by atoms with Gasteiger partial charge < -0.3 is 9.88 Å². The summed E-state index contributed by atoms with van der Waals surface area (Å²) in [7, 11) is 0. The fourth-order valence-corrected chi connectivity index (χ4v) is 4.09. The zero-order valence-electron chi connectivity index (χ0n) is 15.5. The topological polar surface area (TPSA) is 72.7 Å². The number of aromatic nitrogens is 4. The second-order valence-electron chi connectivity index (χ2n) is 7.07. The molecule has 1 aliphatic carbocycles. The Morgan fingerprint density at radius 2 is 1.79 bits per heavy atom. The van der Waals surface area contributed by atoms with E-state index in [-0.39, 0.29) is 5.91 Å². The summed E-state index contributed by atoms with van der Waals surface area (Å²) in [5.74, 6) is 1.36. The Balaban J connectivity index is 1.44. The summed E-state index contributed by atoms with van der Waals surface area (Å²) in [6.45, 7) is 1.13. The number of hydrogen-bond donors (Lipinski definition) is 1. The summed E-state index contributed by atoms with van der Waals surface area (Å²) < 4.78 is 1.96. The van der Waals surface area contributed by atoms with Gasteiger partial charge in [0.05, 0.1) is 5.41 Å². The quantitative estimate of drug-likeness (QED) is 0.691. The molecular weight excluding hydrogens is 374 g/mol. The van der Waals surface area contributed by atoms with Crippen molar-refractivity contribution in [2.24, 2.45) is 0 Å². The van der Waals surface area contributed by atoms with Crippen LogP contribution in [0.25, 0.3) is 11.6 Å². The fraction of sp³-hybridized carbons (Fsp3) is 0.333. The van der Waals surface area contributed by atoms with Crippen molar-refractivity contribution >= 4 is 17.5 Å². The summed E-state index contributed by atoms with van der Waals surface area (Å²) >= 11 is 6.03. The van der Waals surface area contributed by atoms with Gasteiger partial charge in [0.25, 0.3) is 0 Å². The van der Waals surface area contributed by atoms with E-state index in [4.69, 9.17) is 11.6 Å². The van der Waals surface area contributed by atoms with Crippen molar-refractivity contribution in [2.75, 3.05) is 6.54 Å². The maximum absolute atomic E-state index is 13.1. The fourth-order valence-electron chi connectivity index (χ4n) is 3.96. The van der Waals surface area contributed by atoms with Crippen molar-refractivity contribution in [3.8, 4) is 11.6 Å². The largest absolute Gasteiger partial charge is 0.354 e. The van der Waals surface area contributed by atoms with Crippen LogP contribution >= 0.6 is 11.6 Å². The second-order valence-corrected chi connectivity index (χ2v) is 7.51. The lowest BCUT2D eigenvalue weighted by atomic mass is 9.78. The molecule has 0 atom stereocenters. The Bertz CT molecular complexity index is 933. The molecule has 2 aromatic heterocycles.